The largest absolute Gasteiger partial charge is 0.496 e. The fourth-order valence-electron chi connectivity index (χ4n) is 3.50. The lowest BCUT2D eigenvalue weighted by Gasteiger charge is -2.40. The van der Waals surface area contributed by atoms with Gasteiger partial charge in [-0.05, 0) is 63.1 Å². The van der Waals surface area contributed by atoms with E-state index in [0.29, 0.717) is 13.1 Å². The number of amides is 1. The number of piperazine rings is 1. The summed E-state index contributed by atoms with van der Waals surface area (Å²) in [4.78, 5) is 24.8. The molecule has 0 saturated carbocycles. The molecule has 7 nitrogen and oxygen atoms in total. The third-order valence-corrected chi connectivity index (χ3v) is 5.15. The highest BCUT2D eigenvalue weighted by Gasteiger charge is 2.29. The highest BCUT2D eigenvalue weighted by molar-refractivity contribution is 6.28. The van der Waals surface area contributed by atoms with E-state index in [2.05, 4.69) is 33.9 Å². The van der Waals surface area contributed by atoms with Gasteiger partial charge in [0.2, 0.25) is 5.28 Å². The van der Waals surface area contributed by atoms with Crippen molar-refractivity contribution < 1.29 is 14.3 Å². The van der Waals surface area contributed by atoms with Gasteiger partial charge in [0.15, 0.2) is 0 Å². The van der Waals surface area contributed by atoms with Gasteiger partial charge in [-0.1, -0.05) is 6.07 Å². The van der Waals surface area contributed by atoms with Crippen LogP contribution in [0.3, 0.4) is 0 Å². The summed E-state index contributed by atoms with van der Waals surface area (Å²) >= 11 is 5.97. The number of ether oxygens (including phenoxy) is 2. The summed E-state index contributed by atoms with van der Waals surface area (Å²) in [7, 11) is 1.64. The molecule has 0 unspecified atom stereocenters. The molecular formula is C22H29ClN4O3. The lowest BCUT2D eigenvalue weighted by molar-refractivity contribution is 0.00461. The van der Waals surface area contributed by atoms with Crippen LogP contribution in [0.25, 0.3) is 11.3 Å². The number of halogens is 1. The van der Waals surface area contributed by atoms with Crippen LogP contribution >= 0.6 is 11.6 Å². The predicted octanol–water partition coefficient (Wildman–Crippen LogP) is 4.25. The van der Waals surface area contributed by atoms with Gasteiger partial charge in [0.1, 0.15) is 11.4 Å². The van der Waals surface area contributed by atoms with Gasteiger partial charge in [0.25, 0.3) is 0 Å². The molecule has 1 aliphatic heterocycles. The number of aromatic nitrogens is 2. The summed E-state index contributed by atoms with van der Waals surface area (Å²) in [6.07, 6.45) is 1.38. The molecule has 1 fully saturated rings. The SMILES string of the molecule is COc1ccc(CN2CCN(C(=O)OC(C)(C)C)C[C@@H]2C)cc1-c1ccnc(Cl)n1. The first kappa shape index (κ1) is 22.3. The van der Waals surface area contributed by atoms with Crippen molar-refractivity contribution in [3.63, 3.8) is 0 Å². The first-order valence-electron chi connectivity index (χ1n) is 10.0. The maximum atomic E-state index is 12.4. The number of nitrogens with zero attached hydrogens (tertiary/aromatic N) is 4. The second-order valence-electron chi connectivity index (χ2n) is 8.49. The van der Waals surface area contributed by atoms with Crippen LogP contribution in [0, 0.1) is 0 Å². The number of methoxy groups -OCH3 is 1. The lowest BCUT2D eigenvalue weighted by atomic mass is 10.0. The van der Waals surface area contributed by atoms with E-state index < -0.39 is 5.60 Å². The van der Waals surface area contributed by atoms with Crippen LogP contribution in [0.2, 0.25) is 5.28 Å². The molecule has 1 aliphatic rings. The summed E-state index contributed by atoms with van der Waals surface area (Å²) < 4.78 is 11.0. The third-order valence-electron chi connectivity index (χ3n) is 4.97. The Morgan fingerprint density at radius 2 is 2.03 bits per heavy atom. The van der Waals surface area contributed by atoms with Crippen LogP contribution < -0.4 is 4.74 Å². The number of hydrogen-bond acceptors (Lipinski definition) is 6. The molecule has 0 radical (unpaired) electrons. The van der Waals surface area contributed by atoms with E-state index >= 15 is 0 Å². The van der Waals surface area contributed by atoms with Crippen molar-refractivity contribution in [3.05, 3.63) is 41.3 Å². The molecule has 1 atom stereocenters. The first-order chi connectivity index (χ1) is 14.2. The van der Waals surface area contributed by atoms with Gasteiger partial charge in [0, 0.05) is 44.0 Å². The second kappa shape index (κ2) is 9.18. The summed E-state index contributed by atoms with van der Waals surface area (Å²) in [5, 5.41) is 0.201. The molecule has 1 amide bonds. The van der Waals surface area contributed by atoms with Gasteiger partial charge in [-0.15, -0.1) is 0 Å². The maximum absolute atomic E-state index is 12.4. The van der Waals surface area contributed by atoms with E-state index in [0.717, 1.165) is 35.7 Å². The predicted molar refractivity (Wildman–Crippen MR) is 117 cm³/mol. The van der Waals surface area contributed by atoms with Gasteiger partial charge >= 0.3 is 6.09 Å². The Morgan fingerprint density at radius 1 is 1.27 bits per heavy atom. The van der Waals surface area contributed by atoms with Crippen molar-refractivity contribution >= 4 is 17.7 Å². The number of benzene rings is 1. The molecule has 2 aromatic rings. The Hall–Kier alpha value is -2.38. The summed E-state index contributed by atoms with van der Waals surface area (Å²) in [6.45, 7) is 10.6. The molecule has 3 rings (SSSR count). The van der Waals surface area contributed by atoms with Gasteiger partial charge < -0.3 is 14.4 Å². The Balaban J connectivity index is 1.71. The second-order valence-corrected chi connectivity index (χ2v) is 8.83. The number of hydrogen-bond donors (Lipinski definition) is 0. The summed E-state index contributed by atoms with van der Waals surface area (Å²) in [5.74, 6) is 0.733. The average molecular weight is 433 g/mol. The fraction of sp³-hybridized carbons (Fsp3) is 0.500. The molecular weight excluding hydrogens is 404 g/mol. The summed E-state index contributed by atoms with van der Waals surface area (Å²) in [5.41, 5.74) is 2.25. The van der Waals surface area contributed by atoms with E-state index in [1.807, 2.05) is 32.9 Å². The van der Waals surface area contributed by atoms with E-state index in [-0.39, 0.29) is 17.4 Å². The minimum absolute atomic E-state index is 0.201. The van der Waals surface area contributed by atoms with Crippen molar-refractivity contribution in [2.45, 2.75) is 45.9 Å². The maximum Gasteiger partial charge on any atom is 0.410 e. The molecule has 0 N–H and O–H groups in total. The van der Waals surface area contributed by atoms with Crippen LogP contribution in [0.4, 0.5) is 4.79 Å². The van der Waals surface area contributed by atoms with Crippen LogP contribution in [0.1, 0.15) is 33.3 Å². The van der Waals surface area contributed by atoms with E-state index in [4.69, 9.17) is 21.1 Å². The zero-order valence-electron chi connectivity index (χ0n) is 18.2. The normalized spacial score (nSPS) is 17.7. The molecule has 1 saturated heterocycles. The zero-order chi connectivity index (χ0) is 21.9. The number of carbonyl (C=O) groups is 1. The van der Waals surface area contributed by atoms with Crippen LogP contribution in [0.15, 0.2) is 30.5 Å². The van der Waals surface area contributed by atoms with Crippen molar-refractivity contribution in [1.29, 1.82) is 0 Å². The first-order valence-corrected chi connectivity index (χ1v) is 10.4. The quantitative estimate of drug-likeness (QED) is 0.673. The van der Waals surface area contributed by atoms with E-state index in [1.54, 1.807) is 18.2 Å². The molecule has 2 heterocycles. The molecule has 1 aromatic carbocycles. The van der Waals surface area contributed by atoms with Crippen LogP contribution in [-0.2, 0) is 11.3 Å². The van der Waals surface area contributed by atoms with Crippen LogP contribution in [-0.4, -0.2) is 64.2 Å². The molecule has 0 bridgehead atoms. The van der Waals surface area contributed by atoms with Crippen molar-refractivity contribution in [2.75, 3.05) is 26.7 Å². The Bertz CT molecular complexity index is 900. The minimum Gasteiger partial charge on any atom is -0.496 e. The molecule has 1 aromatic heterocycles. The topological polar surface area (TPSA) is 67.8 Å². The molecule has 0 aliphatic carbocycles. The van der Waals surface area contributed by atoms with Crippen LogP contribution in [0.5, 0.6) is 5.75 Å². The smallest absolute Gasteiger partial charge is 0.410 e. The number of rotatable bonds is 4. The average Bonchev–Trinajstić information content (AvgIpc) is 2.68. The Kier molecular flexibility index (Phi) is 6.83. The minimum atomic E-state index is -0.485. The molecule has 30 heavy (non-hydrogen) atoms. The number of carbonyl (C=O) groups excluding carboxylic acids is 1. The van der Waals surface area contributed by atoms with Gasteiger partial charge in [-0.25, -0.2) is 14.8 Å². The van der Waals surface area contributed by atoms with E-state index in [1.165, 1.54) is 0 Å². The van der Waals surface area contributed by atoms with E-state index in [9.17, 15) is 4.79 Å². The van der Waals surface area contributed by atoms with Crippen molar-refractivity contribution in [3.8, 4) is 17.0 Å². The lowest BCUT2D eigenvalue weighted by Crippen LogP contribution is -2.54. The third kappa shape index (κ3) is 5.61. The van der Waals surface area contributed by atoms with Crippen molar-refractivity contribution in [1.82, 2.24) is 19.8 Å². The van der Waals surface area contributed by atoms with Gasteiger partial charge in [-0.2, -0.15) is 0 Å². The monoisotopic (exact) mass is 432 g/mol. The Labute approximate surface area is 183 Å². The van der Waals surface area contributed by atoms with Gasteiger partial charge in [0.05, 0.1) is 12.8 Å². The fourth-order valence-corrected chi connectivity index (χ4v) is 3.64. The molecule has 8 heteroatoms. The zero-order valence-corrected chi connectivity index (χ0v) is 18.9. The highest BCUT2D eigenvalue weighted by Crippen LogP contribution is 2.31. The standard InChI is InChI=1S/C22H29ClN4O3/c1-15-13-27(21(28)30-22(2,3)4)11-10-26(15)14-16-6-7-19(29-5)17(12-16)18-8-9-24-20(23)25-18/h6-9,12,15H,10-11,13-14H2,1-5H3/t15-/m0/s1. The van der Waals surface area contributed by atoms with Gasteiger partial charge in [-0.3, -0.25) is 4.90 Å². The highest BCUT2D eigenvalue weighted by atomic mass is 35.5. The molecule has 0 spiro atoms. The molecule has 162 valence electrons. The Morgan fingerprint density at radius 3 is 2.67 bits per heavy atom. The summed E-state index contributed by atoms with van der Waals surface area (Å²) in [6, 6.07) is 8.10. The van der Waals surface area contributed by atoms with Crippen molar-refractivity contribution in [2.24, 2.45) is 0 Å².